The molecule has 2 heterocycles. The average Bonchev–Trinajstić information content (AvgIpc) is 3.00. The van der Waals surface area contributed by atoms with Gasteiger partial charge in [-0.3, -0.25) is 9.79 Å². The molecular weight excluding hydrogens is 244 g/mol. The summed E-state index contributed by atoms with van der Waals surface area (Å²) < 4.78 is 5.53. The molecule has 0 aliphatic carbocycles. The minimum absolute atomic E-state index is 0.0000158. The van der Waals surface area contributed by atoms with Crippen LogP contribution in [0.1, 0.15) is 19.8 Å². The maximum atomic E-state index is 10.8. The van der Waals surface area contributed by atoms with Crippen LogP contribution in [0.3, 0.4) is 0 Å². The highest BCUT2D eigenvalue weighted by molar-refractivity contribution is 5.80. The standard InChI is InChI=1S/C13H24N4O2/c1-11(18)15-5-6-16-12(14-2)17-7-3-13(9-17)4-8-19-10-13/h3-10H2,1-2H3,(H,14,16)(H,15,18). The van der Waals surface area contributed by atoms with Crippen molar-refractivity contribution in [1.82, 2.24) is 15.5 Å². The van der Waals surface area contributed by atoms with Crippen molar-refractivity contribution < 1.29 is 9.53 Å². The van der Waals surface area contributed by atoms with E-state index in [9.17, 15) is 4.79 Å². The topological polar surface area (TPSA) is 66.0 Å². The zero-order valence-corrected chi connectivity index (χ0v) is 11.9. The predicted octanol–water partition coefficient (Wildman–Crippen LogP) is -0.190. The number of guanidine groups is 1. The highest BCUT2D eigenvalue weighted by atomic mass is 16.5. The van der Waals surface area contributed by atoms with Crippen molar-refractivity contribution in [3.05, 3.63) is 0 Å². The lowest BCUT2D eigenvalue weighted by atomic mass is 9.87. The van der Waals surface area contributed by atoms with Gasteiger partial charge >= 0.3 is 0 Å². The minimum Gasteiger partial charge on any atom is -0.381 e. The summed E-state index contributed by atoms with van der Waals surface area (Å²) in [4.78, 5) is 17.4. The van der Waals surface area contributed by atoms with Crippen LogP contribution in [0, 0.1) is 5.41 Å². The predicted molar refractivity (Wildman–Crippen MR) is 74.1 cm³/mol. The summed E-state index contributed by atoms with van der Waals surface area (Å²) in [5.74, 6) is 0.925. The van der Waals surface area contributed by atoms with Crippen LogP contribution in [-0.2, 0) is 9.53 Å². The summed E-state index contributed by atoms with van der Waals surface area (Å²) in [6.45, 7) is 6.67. The van der Waals surface area contributed by atoms with Gasteiger partial charge in [-0.2, -0.15) is 0 Å². The minimum atomic E-state index is 0.0000158. The van der Waals surface area contributed by atoms with Gasteiger partial charge in [0.2, 0.25) is 5.91 Å². The summed E-state index contributed by atoms with van der Waals surface area (Å²) >= 11 is 0. The second-order valence-electron chi connectivity index (χ2n) is 5.43. The number of ether oxygens (including phenoxy) is 1. The number of rotatable bonds is 3. The molecule has 1 amide bonds. The van der Waals surface area contributed by atoms with Crippen molar-refractivity contribution in [3.8, 4) is 0 Å². The van der Waals surface area contributed by atoms with E-state index in [2.05, 4.69) is 20.5 Å². The first-order valence-corrected chi connectivity index (χ1v) is 6.93. The summed E-state index contributed by atoms with van der Waals surface area (Å²) in [7, 11) is 1.80. The Morgan fingerprint density at radius 1 is 1.37 bits per heavy atom. The van der Waals surface area contributed by atoms with Crippen LogP contribution in [0.2, 0.25) is 0 Å². The molecule has 6 nitrogen and oxygen atoms in total. The lowest BCUT2D eigenvalue weighted by Crippen LogP contribution is -2.44. The molecule has 1 unspecified atom stereocenters. The van der Waals surface area contributed by atoms with Crippen LogP contribution in [0.15, 0.2) is 4.99 Å². The van der Waals surface area contributed by atoms with E-state index in [1.165, 1.54) is 13.3 Å². The molecule has 0 aromatic heterocycles. The van der Waals surface area contributed by atoms with Gasteiger partial charge in [0.1, 0.15) is 0 Å². The Labute approximate surface area is 114 Å². The molecule has 0 saturated carbocycles. The molecule has 2 N–H and O–H groups in total. The number of amides is 1. The Kier molecular flexibility index (Phi) is 4.63. The van der Waals surface area contributed by atoms with E-state index in [-0.39, 0.29) is 5.91 Å². The zero-order chi connectivity index (χ0) is 13.7. The number of carbonyl (C=O) groups excluding carboxylic acids is 1. The van der Waals surface area contributed by atoms with E-state index in [0.717, 1.165) is 38.7 Å². The normalized spacial score (nSPS) is 27.1. The lowest BCUT2D eigenvalue weighted by Gasteiger charge is -2.24. The number of carbonyl (C=O) groups is 1. The van der Waals surface area contributed by atoms with Gasteiger partial charge in [0.25, 0.3) is 0 Å². The van der Waals surface area contributed by atoms with E-state index >= 15 is 0 Å². The molecule has 1 atom stereocenters. The molecule has 2 saturated heterocycles. The largest absolute Gasteiger partial charge is 0.381 e. The number of aliphatic imine (C=N–C) groups is 1. The smallest absolute Gasteiger partial charge is 0.216 e. The molecule has 19 heavy (non-hydrogen) atoms. The molecule has 2 fully saturated rings. The van der Waals surface area contributed by atoms with E-state index in [0.29, 0.717) is 18.5 Å². The Morgan fingerprint density at radius 3 is 2.79 bits per heavy atom. The molecule has 108 valence electrons. The maximum Gasteiger partial charge on any atom is 0.216 e. The highest BCUT2D eigenvalue weighted by Crippen LogP contribution is 2.37. The fourth-order valence-corrected chi connectivity index (χ4v) is 2.83. The van der Waals surface area contributed by atoms with Crippen molar-refractivity contribution in [2.45, 2.75) is 19.8 Å². The summed E-state index contributed by atoms with van der Waals surface area (Å²) in [5, 5.41) is 6.06. The van der Waals surface area contributed by atoms with E-state index in [4.69, 9.17) is 4.74 Å². The van der Waals surface area contributed by atoms with E-state index in [1.807, 2.05) is 0 Å². The molecule has 2 rings (SSSR count). The highest BCUT2D eigenvalue weighted by Gasteiger charge is 2.42. The monoisotopic (exact) mass is 268 g/mol. The number of likely N-dealkylation sites (tertiary alicyclic amines) is 1. The average molecular weight is 268 g/mol. The number of nitrogens with zero attached hydrogens (tertiary/aromatic N) is 2. The first-order valence-electron chi connectivity index (χ1n) is 6.93. The molecule has 1 spiro atoms. The molecule has 2 aliphatic heterocycles. The SMILES string of the molecule is CN=C(NCCNC(C)=O)N1CCC2(CCOC2)C1. The van der Waals surface area contributed by atoms with Crippen LogP contribution in [-0.4, -0.2) is 63.2 Å². The van der Waals surface area contributed by atoms with Crippen LogP contribution >= 0.6 is 0 Å². The van der Waals surface area contributed by atoms with Gasteiger partial charge in [0.15, 0.2) is 5.96 Å². The van der Waals surface area contributed by atoms with Gasteiger partial charge in [-0.15, -0.1) is 0 Å². The first-order chi connectivity index (χ1) is 9.15. The molecule has 0 aromatic carbocycles. The molecule has 6 heteroatoms. The van der Waals surface area contributed by atoms with Crippen LogP contribution < -0.4 is 10.6 Å². The second kappa shape index (κ2) is 6.23. The quantitative estimate of drug-likeness (QED) is 0.423. The lowest BCUT2D eigenvalue weighted by molar-refractivity contribution is -0.118. The summed E-state index contributed by atoms with van der Waals surface area (Å²) in [6.07, 6.45) is 2.34. The van der Waals surface area contributed by atoms with Crippen LogP contribution in [0.25, 0.3) is 0 Å². The zero-order valence-electron chi connectivity index (χ0n) is 11.9. The third-order valence-electron chi connectivity index (χ3n) is 3.92. The van der Waals surface area contributed by atoms with Gasteiger partial charge in [0.05, 0.1) is 6.61 Å². The Bertz CT molecular complexity index is 351. The summed E-state index contributed by atoms with van der Waals surface area (Å²) in [6, 6.07) is 0. The maximum absolute atomic E-state index is 10.8. The third kappa shape index (κ3) is 3.59. The van der Waals surface area contributed by atoms with E-state index in [1.54, 1.807) is 7.05 Å². The Morgan fingerprint density at radius 2 is 2.16 bits per heavy atom. The van der Waals surface area contributed by atoms with Gasteiger partial charge in [0, 0.05) is 52.2 Å². The Balaban J connectivity index is 1.77. The van der Waals surface area contributed by atoms with Gasteiger partial charge in [-0.05, 0) is 12.8 Å². The number of hydrogen-bond donors (Lipinski definition) is 2. The Hall–Kier alpha value is -1.30. The molecule has 0 aromatic rings. The molecule has 2 aliphatic rings. The first kappa shape index (κ1) is 14.1. The van der Waals surface area contributed by atoms with Crippen LogP contribution in [0.4, 0.5) is 0 Å². The summed E-state index contributed by atoms with van der Waals surface area (Å²) in [5.41, 5.74) is 0.343. The van der Waals surface area contributed by atoms with Crippen molar-refractivity contribution >= 4 is 11.9 Å². The fraction of sp³-hybridized carbons (Fsp3) is 0.846. The molecule has 0 radical (unpaired) electrons. The molecule has 0 bridgehead atoms. The van der Waals surface area contributed by atoms with E-state index < -0.39 is 0 Å². The van der Waals surface area contributed by atoms with Crippen molar-refractivity contribution in [3.63, 3.8) is 0 Å². The third-order valence-corrected chi connectivity index (χ3v) is 3.92. The van der Waals surface area contributed by atoms with Crippen LogP contribution in [0.5, 0.6) is 0 Å². The second-order valence-corrected chi connectivity index (χ2v) is 5.43. The van der Waals surface area contributed by atoms with Gasteiger partial charge < -0.3 is 20.3 Å². The van der Waals surface area contributed by atoms with Crippen molar-refractivity contribution in [2.24, 2.45) is 10.4 Å². The molecular formula is C13H24N4O2. The van der Waals surface area contributed by atoms with Gasteiger partial charge in [-0.25, -0.2) is 0 Å². The number of hydrogen-bond acceptors (Lipinski definition) is 3. The number of nitrogens with one attached hydrogen (secondary N) is 2. The fourth-order valence-electron chi connectivity index (χ4n) is 2.83. The van der Waals surface area contributed by atoms with Crippen molar-refractivity contribution in [2.75, 3.05) is 46.4 Å². The van der Waals surface area contributed by atoms with Gasteiger partial charge in [-0.1, -0.05) is 0 Å². The van der Waals surface area contributed by atoms with Crippen molar-refractivity contribution in [1.29, 1.82) is 0 Å².